The van der Waals surface area contributed by atoms with Gasteiger partial charge < -0.3 is 10.2 Å². The smallest absolute Gasteiger partial charge is 0.357 e. The minimum absolute atomic E-state index is 0.00309. The number of alkyl halides is 3. The van der Waals surface area contributed by atoms with Crippen LogP contribution in [0.2, 0.25) is 0 Å². The van der Waals surface area contributed by atoms with E-state index in [9.17, 15) is 13.2 Å². The third-order valence-corrected chi connectivity index (χ3v) is 3.89. The average molecular weight is 302 g/mol. The van der Waals surface area contributed by atoms with Crippen LogP contribution in [-0.2, 0) is 6.18 Å². The lowest BCUT2D eigenvalue weighted by Gasteiger charge is -2.24. The van der Waals surface area contributed by atoms with E-state index in [2.05, 4.69) is 29.1 Å². The Morgan fingerprint density at radius 3 is 2.52 bits per heavy atom. The van der Waals surface area contributed by atoms with E-state index in [1.54, 1.807) is 0 Å². The van der Waals surface area contributed by atoms with Crippen molar-refractivity contribution in [2.24, 2.45) is 5.41 Å². The second-order valence-corrected chi connectivity index (χ2v) is 6.19. The van der Waals surface area contributed by atoms with Gasteiger partial charge in [0.25, 0.3) is 0 Å². The average Bonchev–Trinajstić information content (AvgIpc) is 2.58. The van der Waals surface area contributed by atoms with E-state index >= 15 is 0 Å². The molecule has 1 fully saturated rings. The molecule has 0 aromatic carbocycles. The van der Waals surface area contributed by atoms with E-state index in [-0.39, 0.29) is 11.4 Å². The maximum absolute atomic E-state index is 12.9. The van der Waals surface area contributed by atoms with E-state index in [0.717, 1.165) is 31.9 Å². The maximum atomic E-state index is 12.9. The minimum atomic E-state index is -4.46. The number of anilines is 2. The second kappa shape index (κ2) is 5.69. The molecular formula is C14H21F3N4. The van der Waals surface area contributed by atoms with Gasteiger partial charge in [0.15, 0.2) is 5.69 Å². The third kappa shape index (κ3) is 3.98. The van der Waals surface area contributed by atoms with Crippen molar-refractivity contribution in [1.29, 1.82) is 0 Å². The van der Waals surface area contributed by atoms with E-state index in [4.69, 9.17) is 0 Å². The van der Waals surface area contributed by atoms with Gasteiger partial charge in [-0.25, -0.2) is 4.98 Å². The lowest BCUT2D eigenvalue weighted by Crippen LogP contribution is -2.27. The number of aromatic nitrogens is 2. The van der Waals surface area contributed by atoms with Crippen LogP contribution in [0.1, 0.15) is 38.8 Å². The highest BCUT2D eigenvalue weighted by Crippen LogP contribution is 2.34. The first-order chi connectivity index (χ1) is 9.71. The first-order valence-electron chi connectivity index (χ1n) is 7.10. The molecule has 1 aromatic rings. The fourth-order valence-corrected chi connectivity index (χ4v) is 2.51. The summed E-state index contributed by atoms with van der Waals surface area (Å²) in [5.41, 5.74) is -0.680. The summed E-state index contributed by atoms with van der Waals surface area (Å²) in [4.78, 5) is 9.60. The number of hydrogen-bond acceptors (Lipinski definition) is 4. The van der Waals surface area contributed by atoms with Crippen molar-refractivity contribution in [3.63, 3.8) is 0 Å². The molecule has 118 valence electrons. The molecule has 1 saturated heterocycles. The second-order valence-electron chi connectivity index (χ2n) is 6.19. The van der Waals surface area contributed by atoms with Gasteiger partial charge in [-0.1, -0.05) is 13.8 Å². The molecule has 1 N–H and O–H groups in total. The number of hydrogen-bond donors (Lipinski definition) is 1. The van der Waals surface area contributed by atoms with Gasteiger partial charge >= 0.3 is 6.18 Å². The largest absolute Gasteiger partial charge is 0.433 e. The summed E-state index contributed by atoms with van der Waals surface area (Å²) < 4.78 is 38.8. The van der Waals surface area contributed by atoms with E-state index in [1.807, 2.05) is 4.90 Å². The van der Waals surface area contributed by atoms with Crippen LogP contribution < -0.4 is 10.2 Å². The molecule has 2 rings (SSSR count). The van der Waals surface area contributed by atoms with Crippen LogP contribution in [0.3, 0.4) is 0 Å². The Balaban J connectivity index is 2.30. The van der Waals surface area contributed by atoms with Gasteiger partial charge in [-0.2, -0.15) is 18.2 Å². The molecule has 1 aliphatic rings. The Labute approximate surface area is 122 Å². The van der Waals surface area contributed by atoms with E-state index in [1.165, 1.54) is 7.05 Å². The standard InChI is InChI=1S/C14H21F3N4/c1-13(2)5-4-7-21(8-6-13)11-9-10(14(15,16)17)19-12(18-3)20-11/h9H,4-8H2,1-3H3,(H,18,19,20). The number of halogens is 3. The molecule has 0 aliphatic carbocycles. The molecule has 0 spiro atoms. The number of rotatable bonds is 2. The van der Waals surface area contributed by atoms with Crippen LogP contribution in [0, 0.1) is 5.41 Å². The Kier molecular flexibility index (Phi) is 4.30. The molecule has 0 amide bonds. The molecule has 0 radical (unpaired) electrons. The van der Waals surface area contributed by atoms with Crippen LogP contribution >= 0.6 is 0 Å². The van der Waals surface area contributed by atoms with Gasteiger partial charge in [0.2, 0.25) is 5.95 Å². The van der Waals surface area contributed by atoms with Gasteiger partial charge in [0.05, 0.1) is 0 Å². The van der Waals surface area contributed by atoms with Crippen molar-refractivity contribution in [1.82, 2.24) is 9.97 Å². The lowest BCUT2D eigenvalue weighted by atomic mass is 9.85. The molecule has 0 bridgehead atoms. The highest BCUT2D eigenvalue weighted by molar-refractivity contribution is 5.45. The third-order valence-electron chi connectivity index (χ3n) is 3.89. The predicted octanol–water partition coefficient (Wildman–Crippen LogP) is 3.55. The summed E-state index contributed by atoms with van der Waals surface area (Å²) in [6.45, 7) is 5.82. The van der Waals surface area contributed by atoms with Crippen LogP contribution in [0.5, 0.6) is 0 Å². The van der Waals surface area contributed by atoms with Crippen molar-refractivity contribution < 1.29 is 13.2 Å². The van der Waals surface area contributed by atoms with Gasteiger partial charge in [-0.05, 0) is 24.7 Å². The summed E-state index contributed by atoms with van der Waals surface area (Å²) in [6, 6.07) is 1.04. The summed E-state index contributed by atoms with van der Waals surface area (Å²) in [5.74, 6) is 0.350. The van der Waals surface area contributed by atoms with Crippen molar-refractivity contribution in [2.75, 3.05) is 30.4 Å². The minimum Gasteiger partial charge on any atom is -0.357 e. The van der Waals surface area contributed by atoms with Gasteiger partial charge in [0, 0.05) is 26.2 Å². The van der Waals surface area contributed by atoms with Crippen molar-refractivity contribution >= 4 is 11.8 Å². The number of nitrogens with zero attached hydrogens (tertiary/aromatic N) is 3. The summed E-state index contributed by atoms with van der Waals surface area (Å²) in [6.07, 6.45) is -1.51. The molecule has 2 heterocycles. The van der Waals surface area contributed by atoms with E-state index in [0.29, 0.717) is 12.4 Å². The zero-order chi connectivity index (χ0) is 15.7. The highest BCUT2D eigenvalue weighted by atomic mass is 19.4. The van der Waals surface area contributed by atoms with Crippen LogP contribution in [0.15, 0.2) is 6.07 Å². The fraction of sp³-hybridized carbons (Fsp3) is 0.714. The Bertz CT molecular complexity index is 499. The summed E-state index contributed by atoms with van der Waals surface area (Å²) >= 11 is 0. The predicted molar refractivity (Wildman–Crippen MR) is 76.4 cm³/mol. The van der Waals surface area contributed by atoms with Gasteiger partial charge in [-0.3, -0.25) is 0 Å². The molecule has 4 nitrogen and oxygen atoms in total. The molecule has 7 heteroatoms. The monoisotopic (exact) mass is 302 g/mol. The zero-order valence-corrected chi connectivity index (χ0v) is 12.6. The quantitative estimate of drug-likeness (QED) is 0.907. The van der Waals surface area contributed by atoms with Crippen LogP contribution in [0.25, 0.3) is 0 Å². The molecule has 0 atom stereocenters. The van der Waals surface area contributed by atoms with Crippen molar-refractivity contribution in [3.05, 3.63) is 11.8 Å². The highest BCUT2D eigenvalue weighted by Gasteiger charge is 2.34. The zero-order valence-electron chi connectivity index (χ0n) is 12.6. The molecule has 1 aliphatic heterocycles. The van der Waals surface area contributed by atoms with E-state index < -0.39 is 11.9 Å². The van der Waals surface area contributed by atoms with Crippen molar-refractivity contribution in [3.8, 4) is 0 Å². The van der Waals surface area contributed by atoms with Crippen LogP contribution in [-0.4, -0.2) is 30.1 Å². The fourth-order valence-electron chi connectivity index (χ4n) is 2.51. The normalized spacial score (nSPS) is 19.2. The first-order valence-corrected chi connectivity index (χ1v) is 7.10. The molecular weight excluding hydrogens is 281 g/mol. The first kappa shape index (κ1) is 15.9. The number of nitrogens with one attached hydrogen (secondary N) is 1. The van der Waals surface area contributed by atoms with Crippen LogP contribution in [0.4, 0.5) is 24.9 Å². The maximum Gasteiger partial charge on any atom is 0.433 e. The molecule has 21 heavy (non-hydrogen) atoms. The Morgan fingerprint density at radius 2 is 1.90 bits per heavy atom. The molecule has 0 unspecified atom stereocenters. The Morgan fingerprint density at radius 1 is 1.19 bits per heavy atom. The van der Waals surface area contributed by atoms with Gasteiger partial charge in [-0.15, -0.1) is 0 Å². The molecule has 0 saturated carbocycles. The summed E-state index contributed by atoms with van der Waals surface area (Å²) in [5, 5.41) is 2.60. The van der Waals surface area contributed by atoms with Gasteiger partial charge in [0.1, 0.15) is 5.82 Å². The Hall–Kier alpha value is -1.53. The summed E-state index contributed by atoms with van der Waals surface area (Å²) in [7, 11) is 1.52. The topological polar surface area (TPSA) is 41.1 Å². The lowest BCUT2D eigenvalue weighted by molar-refractivity contribution is -0.141. The van der Waals surface area contributed by atoms with Crippen molar-refractivity contribution in [2.45, 2.75) is 39.3 Å². The SMILES string of the molecule is CNc1nc(N2CCCC(C)(C)CC2)cc(C(F)(F)F)n1. The molecule has 1 aromatic heterocycles.